The Hall–Kier alpha value is -2.83. The molecule has 7 heteroatoms. The smallest absolute Gasteiger partial charge is 0.340 e. The number of halogens is 1. The van der Waals surface area contributed by atoms with Gasteiger partial charge in [0.2, 0.25) is 0 Å². The molecule has 168 valence electrons. The van der Waals surface area contributed by atoms with Crippen molar-refractivity contribution in [3.8, 4) is 5.75 Å². The molecule has 1 saturated carbocycles. The number of benzene rings is 2. The number of carbonyl (C=O) groups is 2. The molecule has 0 bridgehead atoms. The van der Waals surface area contributed by atoms with Gasteiger partial charge >= 0.3 is 5.97 Å². The highest BCUT2D eigenvalue weighted by Crippen LogP contribution is 2.28. The molecule has 4 rings (SSSR count). The molecule has 32 heavy (non-hydrogen) atoms. The predicted molar refractivity (Wildman–Crippen MR) is 121 cm³/mol. The van der Waals surface area contributed by atoms with Gasteiger partial charge in [-0.25, -0.2) is 4.79 Å². The Labute approximate surface area is 192 Å². The summed E-state index contributed by atoms with van der Waals surface area (Å²) >= 11 is 6.34. The van der Waals surface area contributed by atoms with E-state index in [1.54, 1.807) is 30.4 Å². The maximum Gasteiger partial charge on any atom is 0.340 e. The number of nitrogens with one attached hydrogen (secondary N) is 1. The zero-order chi connectivity index (χ0) is 22.6. The third kappa shape index (κ3) is 5.14. The normalized spacial score (nSPS) is 20.4. The monoisotopic (exact) mass is 455 g/mol. The lowest BCUT2D eigenvalue weighted by molar-refractivity contribution is -0.156. The Morgan fingerprint density at radius 1 is 1.16 bits per heavy atom. The summed E-state index contributed by atoms with van der Waals surface area (Å²) in [5, 5.41) is 12.8. The molecule has 0 radical (unpaired) electrons. The highest BCUT2D eigenvalue weighted by Gasteiger charge is 2.39. The lowest BCUT2D eigenvalue weighted by Gasteiger charge is -2.22. The van der Waals surface area contributed by atoms with Crippen LogP contribution in [0.3, 0.4) is 0 Å². The maximum absolute atomic E-state index is 12.7. The van der Waals surface area contributed by atoms with Gasteiger partial charge in [-0.3, -0.25) is 4.79 Å². The zero-order valence-electron chi connectivity index (χ0n) is 17.7. The van der Waals surface area contributed by atoms with Crippen molar-refractivity contribution < 1.29 is 24.2 Å². The Bertz CT molecular complexity index is 1030. The second-order valence-corrected chi connectivity index (χ2v) is 8.66. The molecule has 1 aliphatic carbocycles. The first kappa shape index (κ1) is 22.4. The van der Waals surface area contributed by atoms with Gasteiger partial charge in [0.15, 0.2) is 5.60 Å². The fourth-order valence-corrected chi connectivity index (χ4v) is 4.44. The van der Waals surface area contributed by atoms with E-state index in [0.29, 0.717) is 22.9 Å². The van der Waals surface area contributed by atoms with E-state index in [0.717, 1.165) is 24.0 Å². The summed E-state index contributed by atoms with van der Waals surface area (Å²) in [6.07, 6.45) is 8.21. The van der Waals surface area contributed by atoms with Crippen LogP contribution >= 0.6 is 11.6 Å². The van der Waals surface area contributed by atoms with Gasteiger partial charge < -0.3 is 19.9 Å². The lowest BCUT2D eigenvalue weighted by Crippen LogP contribution is -2.39. The van der Waals surface area contributed by atoms with Gasteiger partial charge in [0.05, 0.1) is 23.3 Å². The number of carboxylic acids is 1. The molecule has 1 fully saturated rings. The summed E-state index contributed by atoms with van der Waals surface area (Å²) in [7, 11) is 0. The van der Waals surface area contributed by atoms with Gasteiger partial charge in [-0.1, -0.05) is 41.9 Å². The van der Waals surface area contributed by atoms with Crippen molar-refractivity contribution in [2.75, 3.05) is 6.61 Å². The van der Waals surface area contributed by atoms with Crippen molar-refractivity contribution >= 4 is 23.5 Å². The van der Waals surface area contributed by atoms with E-state index < -0.39 is 11.6 Å². The second kappa shape index (κ2) is 9.76. The standard InChI is InChI=1S/C25H26ClNO5/c26-22-14-20(32-19-7-1-2-8-19)9-10-21(22)23(28)27-16-18-6-3-5-17(13-18)15-25(24(29)30)11-4-12-31-25/h3-6,9-11,13-14,19H,1-2,7-8,12,15-16H2,(H,27,28)(H,29,30). The first-order valence-electron chi connectivity index (χ1n) is 10.8. The minimum Gasteiger partial charge on any atom is -0.490 e. The Kier molecular flexibility index (Phi) is 6.82. The number of ether oxygens (including phenoxy) is 2. The molecular weight excluding hydrogens is 430 g/mol. The Morgan fingerprint density at radius 3 is 2.62 bits per heavy atom. The van der Waals surface area contributed by atoms with E-state index in [-0.39, 0.29) is 25.0 Å². The molecule has 0 aromatic heterocycles. The lowest BCUT2D eigenvalue weighted by atomic mass is 9.94. The molecular formula is C25H26ClNO5. The van der Waals surface area contributed by atoms with Crippen LogP contribution in [0.15, 0.2) is 54.6 Å². The summed E-state index contributed by atoms with van der Waals surface area (Å²) < 4.78 is 11.4. The number of carbonyl (C=O) groups excluding carboxylic acids is 1. The molecule has 2 aromatic carbocycles. The minimum atomic E-state index is -1.34. The van der Waals surface area contributed by atoms with Crippen molar-refractivity contribution in [2.24, 2.45) is 0 Å². The SMILES string of the molecule is O=C(NCc1cccc(CC2(C(=O)O)C=CCO2)c1)c1ccc(OC2CCCC2)cc1Cl. The van der Waals surface area contributed by atoms with Crippen LogP contribution in [-0.4, -0.2) is 35.3 Å². The average Bonchev–Trinajstić information content (AvgIpc) is 3.45. The van der Waals surface area contributed by atoms with E-state index in [4.69, 9.17) is 21.1 Å². The van der Waals surface area contributed by atoms with Crippen LogP contribution in [0.1, 0.15) is 47.2 Å². The van der Waals surface area contributed by atoms with Crippen LogP contribution in [-0.2, 0) is 22.5 Å². The third-order valence-corrected chi connectivity index (χ3v) is 6.20. The molecule has 1 heterocycles. The second-order valence-electron chi connectivity index (χ2n) is 8.25. The van der Waals surface area contributed by atoms with Crippen molar-refractivity contribution in [3.05, 3.63) is 76.3 Å². The fraction of sp³-hybridized carbons (Fsp3) is 0.360. The molecule has 0 saturated heterocycles. The first-order chi connectivity index (χ1) is 15.4. The molecule has 0 spiro atoms. The quantitative estimate of drug-likeness (QED) is 0.571. The number of rotatable bonds is 8. The van der Waals surface area contributed by atoms with Gasteiger partial charge in [-0.05, 0) is 61.1 Å². The number of carboxylic acid groups (broad SMARTS) is 1. The van der Waals surface area contributed by atoms with Crippen molar-refractivity contribution in [1.82, 2.24) is 5.32 Å². The molecule has 2 N–H and O–H groups in total. The first-order valence-corrected chi connectivity index (χ1v) is 11.2. The summed E-state index contributed by atoms with van der Waals surface area (Å²) in [5.41, 5.74) is 0.723. The minimum absolute atomic E-state index is 0.217. The Morgan fingerprint density at radius 2 is 1.94 bits per heavy atom. The van der Waals surface area contributed by atoms with Crippen LogP contribution in [0.4, 0.5) is 0 Å². The molecule has 1 atom stereocenters. The van der Waals surface area contributed by atoms with Crippen LogP contribution in [0.25, 0.3) is 0 Å². The van der Waals surface area contributed by atoms with E-state index in [2.05, 4.69) is 5.32 Å². The number of hydrogen-bond donors (Lipinski definition) is 2. The van der Waals surface area contributed by atoms with Crippen LogP contribution in [0.5, 0.6) is 5.75 Å². The largest absolute Gasteiger partial charge is 0.490 e. The highest BCUT2D eigenvalue weighted by molar-refractivity contribution is 6.34. The number of hydrogen-bond acceptors (Lipinski definition) is 4. The summed E-state index contributed by atoms with van der Waals surface area (Å²) in [5.74, 6) is -0.612. The third-order valence-electron chi connectivity index (χ3n) is 5.89. The molecule has 2 aliphatic rings. The van der Waals surface area contributed by atoms with Gasteiger partial charge in [-0.15, -0.1) is 0 Å². The Balaban J connectivity index is 1.37. The van der Waals surface area contributed by atoms with Crippen LogP contribution < -0.4 is 10.1 Å². The van der Waals surface area contributed by atoms with E-state index in [1.165, 1.54) is 12.8 Å². The van der Waals surface area contributed by atoms with Crippen molar-refractivity contribution in [3.63, 3.8) is 0 Å². The highest BCUT2D eigenvalue weighted by atomic mass is 35.5. The molecule has 1 amide bonds. The van der Waals surface area contributed by atoms with Gasteiger partial charge in [0.1, 0.15) is 5.75 Å². The molecule has 6 nitrogen and oxygen atoms in total. The van der Waals surface area contributed by atoms with E-state index in [1.807, 2.05) is 24.3 Å². The summed E-state index contributed by atoms with van der Waals surface area (Å²) in [6.45, 7) is 0.577. The van der Waals surface area contributed by atoms with E-state index >= 15 is 0 Å². The average molecular weight is 456 g/mol. The fourth-order valence-electron chi connectivity index (χ4n) is 4.18. The summed E-state index contributed by atoms with van der Waals surface area (Å²) in [4.78, 5) is 24.3. The van der Waals surface area contributed by atoms with Gasteiger partial charge in [-0.2, -0.15) is 0 Å². The van der Waals surface area contributed by atoms with Crippen LogP contribution in [0, 0.1) is 0 Å². The molecule has 1 unspecified atom stereocenters. The van der Waals surface area contributed by atoms with Gasteiger partial charge in [0, 0.05) is 13.0 Å². The number of amides is 1. The van der Waals surface area contributed by atoms with Crippen LogP contribution in [0.2, 0.25) is 5.02 Å². The maximum atomic E-state index is 12.7. The predicted octanol–water partition coefficient (Wildman–Crippen LogP) is 4.54. The molecule has 1 aliphatic heterocycles. The van der Waals surface area contributed by atoms with Gasteiger partial charge in [0.25, 0.3) is 5.91 Å². The van der Waals surface area contributed by atoms with Crippen molar-refractivity contribution in [2.45, 2.75) is 50.4 Å². The van der Waals surface area contributed by atoms with E-state index in [9.17, 15) is 14.7 Å². The number of aliphatic carboxylic acids is 1. The topological polar surface area (TPSA) is 84.9 Å². The molecule has 2 aromatic rings. The zero-order valence-corrected chi connectivity index (χ0v) is 18.4. The summed E-state index contributed by atoms with van der Waals surface area (Å²) in [6, 6.07) is 12.6. The van der Waals surface area contributed by atoms with Crippen molar-refractivity contribution in [1.29, 1.82) is 0 Å².